The standard InChI is InChI=1S/C13H17N5O4.3H3O4P/c1-3-4-17-12(20)8(2)6-18(13(17)21)11-5-9(15-16-14)10(7-19)22-11;3*1-5(2,3)4/h3,6,9-11,19H,1,4-5,7H2,2H3;3*(H3,1,2,3,4)/t9?,10-,11-;;;/m1.../s1. The fourth-order valence-corrected chi connectivity index (χ4v) is 2.49. The van der Waals surface area contributed by atoms with Gasteiger partial charge < -0.3 is 53.9 Å². The van der Waals surface area contributed by atoms with Crippen molar-refractivity contribution in [1.82, 2.24) is 9.13 Å². The van der Waals surface area contributed by atoms with Crippen molar-refractivity contribution in [3.8, 4) is 0 Å². The second-order valence-corrected chi connectivity index (χ2v) is 9.65. The van der Waals surface area contributed by atoms with Crippen LogP contribution >= 0.6 is 23.5 Å². The summed E-state index contributed by atoms with van der Waals surface area (Å²) in [4.78, 5) is 91.8. The molecule has 24 heteroatoms. The van der Waals surface area contributed by atoms with E-state index in [1.54, 1.807) is 6.92 Å². The SMILES string of the molecule is C=CCn1c(=O)c(C)cn([C@H]2CC(N=[N+]=[N-])[C@@H](CO)O2)c1=O.O=P(O)(O)O.O=P(O)(O)O.O=P(O)(O)O. The summed E-state index contributed by atoms with van der Waals surface area (Å²) in [6, 6.07) is -0.563. The molecule has 214 valence electrons. The zero-order chi connectivity index (χ0) is 29.8. The van der Waals surface area contributed by atoms with Crippen molar-refractivity contribution in [2.24, 2.45) is 5.11 Å². The smallest absolute Gasteiger partial charge is 0.394 e. The molecule has 0 aromatic carbocycles. The van der Waals surface area contributed by atoms with E-state index < -0.39 is 47.5 Å². The molecule has 1 fully saturated rings. The van der Waals surface area contributed by atoms with Gasteiger partial charge in [-0.05, 0) is 12.5 Å². The monoisotopic (exact) mass is 601 g/mol. The van der Waals surface area contributed by atoms with E-state index in [1.807, 2.05) is 0 Å². The number of hydrogen-bond acceptors (Lipinski definition) is 8. The maximum Gasteiger partial charge on any atom is 0.466 e. The van der Waals surface area contributed by atoms with E-state index in [0.29, 0.717) is 5.56 Å². The molecule has 0 amide bonds. The van der Waals surface area contributed by atoms with Crippen molar-refractivity contribution in [3.05, 3.63) is 55.7 Å². The van der Waals surface area contributed by atoms with Crippen molar-refractivity contribution in [2.75, 3.05) is 6.61 Å². The molecule has 2 rings (SSSR count). The topological polar surface area (TPSA) is 356 Å². The van der Waals surface area contributed by atoms with E-state index in [-0.39, 0.29) is 25.1 Å². The third kappa shape index (κ3) is 19.7. The van der Waals surface area contributed by atoms with Gasteiger partial charge >= 0.3 is 29.2 Å². The van der Waals surface area contributed by atoms with Crippen LogP contribution in [-0.2, 0) is 25.0 Å². The number of aliphatic hydroxyl groups excluding tert-OH is 1. The van der Waals surface area contributed by atoms with Gasteiger partial charge in [-0.1, -0.05) is 11.2 Å². The van der Waals surface area contributed by atoms with Crippen LogP contribution in [0.25, 0.3) is 10.4 Å². The fourth-order valence-electron chi connectivity index (χ4n) is 2.49. The van der Waals surface area contributed by atoms with Gasteiger partial charge in [-0.2, -0.15) is 0 Å². The van der Waals surface area contributed by atoms with Crippen LogP contribution in [0.2, 0.25) is 0 Å². The second kappa shape index (κ2) is 16.1. The number of azide groups is 1. The lowest BCUT2D eigenvalue weighted by Gasteiger charge is -2.17. The number of aromatic nitrogens is 2. The highest BCUT2D eigenvalue weighted by atomic mass is 31.2. The predicted molar refractivity (Wildman–Crippen MR) is 121 cm³/mol. The maximum atomic E-state index is 12.4. The molecule has 21 nitrogen and oxygen atoms in total. The largest absolute Gasteiger partial charge is 0.466 e. The lowest BCUT2D eigenvalue weighted by molar-refractivity contribution is -0.0277. The first-order chi connectivity index (χ1) is 16.5. The molecular formula is C13H26N5O16P3. The third-order valence-electron chi connectivity index (χ3n) is 3.57. The lowest BCUT2D eigenvalue weighted by Crippen LogP contribution is -2.41. The van der Waals surface area contributed by atoms with E-state index in [0.717, 1.165) is 4.57 Å². The van der Waals surface area contributed by atoms with Crippen molar-refractivity contribution >= 4 is 23.5 Å². The molecule has 3 atom stereocenters. The maximum absolute atomic E-state index is 12.4. The number of hydrogen-bond donors (Lipinski definition) is 10. The Hall–Kier alpha value is -2.02. The molecule has 1 aromatic heterocycles. The average molecular weight is 601 g/mol. The van der Waals surface area contributed by atoms with Gasteiger partial charge in [0.05, 0.1) is 18.8 Å². The Kier molecular flexibility index (Phi) is 16.1. The molecule has 1 saturated heterocycles. The zero-order valence-electron chi connectivity index (χ0n) is 18.7. The van der Waals surface area contributed by atoms with Gasteiger partial charge in [-0.25, -0.2) is 18.5 Å². The lowest BCUT2D eigenvalue weighted by atomic mass is 10.1. The molecule has 0 spiro atoms. The molecule has 37 heavy (non-hydrogen) atoms. The van der Waals surface area contributed by atoms with Crippen LogP contribution in [0.3, 0.4) is 0 Å². The van der Waals surface area contributed by atoms with Gasteiger partial charge in [0, 0.05) is 29.6 Å². The minimum Gasteiger partial charge on any atom is -0.394 e. The molecular weight excluding hydrogens is 575 g/mol. The number of aryl methyl sites for hydroxylation is 1. The Balaban J connectivity index is 0. The summed E-state index contributed by atoms with van der Waals surface area (Å²) in [7, 11) is -13.9. The summed E-state index contributed by atoms with van der Waals surface area (Å²) in [5, 5.41) is 12.8. The summed E-state index contributed by atoms with van der Waals surface area (Å²) >= 11 is 0. The van der Waals surface area contributed by atoms with E-state index >= 15 is 0 Å². The summed E-state index contributed by atoms with van der Waals surface area (Å²) in [6.45, 7) is 4.90. The Morgan fingerprint density at radius 3 is 1.86 bits per heavy atom. The van der Waals surface area contributed by atoms with Crippen molar-refractivity contribution < 1.29 is 67.6 Å². The minimum absolute atomic E-state index is 0.0925. The number of rotatable bonds is 5. The van der Waals surface area contributed by atoms with Crippen LogP contribution in [0.5, 0.6) is 0 Å². The number of aliphatic hydroxyl groups is 1. The fraction of sp³-hybridized carbons (Fsp3) is 0.538. The highest BCUT2D eigenvalue weighted by Gasteiger charge is 2.36. The number of phosphoric acid groups is 3. The Morgan fingerprint density at radius 1 is 1.08 bits per heavy atom. The van der Waals surface area contributed by atoms with E-state index in [1.165, 1.54) is 16.8 Å². The Morgan fingerprint density at radius 2 is 1.51 bits per heavy atom. The molecule has 0 radical (unpaired) electrons. The minimum atomic E-state index is -4.64. The molecule has 1 unspecified atom stereocenters. The first-order valence-electron chi connectivity index (χ1n) is 9.12. The van der Waals surface area contributed by atoms with Crippen LogP contribution in [0.15, 0.2) is 33.6 Å². The highest BCUT2D eigenvalue weighted by molar-refractivity contribution is 7.45. The van der Waals surface area contributed by atoms with Crippen LogP contribution in [0.1, 0.15) is 18.2 Å². The van der Waals surface area contributed by atoms with Crippen LogP contribution < -0.4 is 11.2 Å². The van der Waals surface area contributed by atoms with Gasteiger partial charge in [0.25, 0.3) is 5.56 Å². The van der Waals surface area contributed by atoms with Gasteiger partial charge in [0.2, 0.25) is 0 Å². The van der Waals surface area contributed by atoms with Gasteiger partial charge in [-0.3, -0.25) is 13.9 Å². The first kappa shape index (κ1) is 37.1. The molecule has 10 N–H and O–H groups in total. The number of nitrogens with zero attached hydrogens (tertiary/aromatic N) is 5. The number of ether oxygens (including phenoxy) is 1. The first-order valence-corrected chi connectivity index (χ1v) is 13.8. The zero-order valence-corrected chi connectivity index (χ0v) is 21.4. The van der Waals surface area contributed by atoms with Gasteiger partial charge in [-0.15, -0.1) is 6.58 Å². The molecule has 1 aliphatic rings. The average Bonchev–Trinajstić information content (AvgIpc) is 3.07. The van der Waals surface area contributed by atoms with Crippen molar-refractivity contribution in [2.45, 2.75) is 38.3 Å². The van der Waals surface area contributed by atoms with Crippen LogP contribution in [0.4, 0.5) is 0 Å². The molecule has 1 aliphatic heterocycles. The molecule has 2 heterocycles. The Labute approximate surface area is 206 Å². The van der Waals surface area contributed by atoms with Gasteiger partial charge in [0.15, 0.2) is 0 Å². The molecule has 0 saturated carbocycles. The predicted octanol–water partition coefficient (Wildman–Crippen LogP) is -2.32. The summed E-state index contributed by atoms with van der Waals surface area (Å²) in [6.07, 6.45) is 1.76. The second-order valence-electron chi connectivity index (χ2n) is 6.57. The molecule has 1 aromatic rings. The van der Waals surface area contributed by atoms with E-state index in [9.17, 15) is 14.7 Å². The molecule has 0 bridgehead atoms. The number of allylic oxidation sites excluding steroid dienone is 1. The van der Waals surface area contributed by atoms with E-state index in [4.69, 9.17) is 68.0 Å². The summed E-state index contributed by atoms with van der Waals surface area (Å²) in [5.74, 6) is 0. The molecule has 0 aliphatic carbocycles. The summed E-state index contributed by atoms with van der Waals surface area (Å²) in [5.41, 5.74) is 8.02. The Bertz CT molecular complexity index is 1120. The van der Waals surface area contributed by atoms with Crippen molar-refractivity contribution in [3.63, 3.8) is 0 Å². The normalized spacial score (nSPS) is 19.1. The third-order valence-corrected chi connectivity index (χ3v) is 3.57. The van der Waals surface area contributed by atoms with E-state index in [2.05, 4.69) is 16.6 Å². The van der Waals surface area contributed by atoms with Gasteiger partial charge in [0.1, 0.15) is 6.23 Å². The van der Waals surface area contributed by atoms with Crippen LogP contribution in [-0.4, -0.2) is 77.0 Å². The van der Waals surface area contributed by atoms with Crippen LogP contribution in [0, 0.1) is 6.92 Å². The quantitative estimate of drug-likeness (QED) is 0.0556. The highest BCUT2D eigenvalue weighted by Crippen LogP contribution is 2.30. The summed E-state index contributed by atoms with van der Waals surface area (Å²) < 4.78 is 34.6. The van der Waals surface area contributed by atoms with Crippen molar-refractivity contribution in [1.29, 1.82) is 0 Å².